The van der Waals surface area contributed by atoms with Gasteiger partial charge in [0.1, 0.15) is 5.56 Å². The van der Waals surface area contributed by atoms with Gasteiger partial charge in [0, 0.05) is 5.69 Å². The Morgan fingerprint density at radius 2 is 1.80 bits per heavy atom. The smallest absolute Gasteiger partial charge is 0.342 e. The second-order valence-electron chi connectivity index (χ2n) is 6.76. The van der Waals surface area contributed by atoms with Crippen LogP contribution in [0.5, 0.6) is 0 Å². The average Bonchev–Trinajstić information content (AvgIpc) is 3.24. The van der Waals surface area contributed by atoms with Crippen molar-refractivity contribution in [1.82, 2.24) is 19.7 Å². The molecule has 0 fully saturated rings. The van der Waals surface area contributed by atoms with Crippen LogP contribution in [0.15, 0.2) is 53.3 Å². The van der Waals surface area contributed by atoms with Gasteiger partial charge in [0.05, 0.1) is 28.1 Å². The Morgan fingerprint density at radius 1 is 1.07 bits per heavy atom. The Morgan fingerprint density at radius 3 is 2.57 bits per heavy atom. The number of para-hydroxylation sites is 1. The minimum Gasteiger partial charge on any atom is -0.452 e. The number of carbonyl (C=O) groups is 2. The van der Waals surface area contributed by atoms with E-state index in [9.17, 15) is 14.4 Å². The van der Waals surface area contributed by atoms with Crippen LogP contribution in [-0.2, 0) is 9.53 Å². The van der Waals surface area contributed by atoms with Gasteiger partial charge in [-0.25, -0.2) is 14.3 Å². The number of H-pyrrole nitrogens is 2. The van der Waals surface area contributed by atoms with Crippen LogP contribution in [0.3, 0.4) is 0 Å². The summed E-state index contributed by atoms with van der Waals surface area (Å²) in [5.74, 6) is -1.11. The Kier molecular flexibility index (Phi) is 4.93. The van der Waals surface area contributed by atoms with Gasteiger partial charge < -0.3 is 20.0 Å². The second kappa shape index (κ2) is 7.70. The third-order valence-electron chi connectivity index (χ3n) is 4.63. The van der Waals surface area contributed by atoms with Crippen molar-refractivity contribution in [3.63, 3.8) is 0 Å². The molecule has 2 aromatic heterocycles. The summed E-state index contributed by atoms with van der Waals surface area (Å²) >= 11 is 0. The Balaban J connectivity index is 1.43. The highest BCUT2D eigenvalue weighted by molar-refractivity contribution is 5.97. The molecule has 30 heavy (non-hydrogen) atoms. The fourth-order valence-corrected chi connectivity index (χ4v) is 3.27. The summed E-state index contributed by atoms with van der Waals surface area (Å²) in [7, 11) is 0. The molecule has 0 radical (unpaired) electrons. The number of hydrogen-bond donors (Lipinski definition) is 3. The van der Waals surface area contributed by atoms with Gasteiger partial charge in [-0.15, -0.1) is 0 Å². The maximum Gasteiger partial charge on any atom is 0.342 e. The van der Waals surface area contributed by atoms with E-state index in [1.54, 1.807) is 36.7 Å². The van der Waals surface area contributed by atoms with Crippen molar-refractivity contribution < 1.29 is 14.3 Å². The third-order valence-corrected chi connectivity index (χ3v) is 4.63. The molecule has 2 aromatic carbocycles. The van der Waals surface area contributed by atoms with Gasteiger partial charge in [-0.1, -0.05) is 18.2 Å². The molecular formula is C21H19N5O4. The molecule has 0 bridgehead atoms. The summed E-state index contributed by atoms with van der Waals surface area (Å²) in [6.07, 6.45) is 0. The zero-order valence-electron chi connectivity index (χ0n) is 16.4. The number of anilines is 1. The van der Waals surface area contributed by atoms with Crippen LogP contribution in [0.25, 0.3) is 16.7 Å². The lowest BCUT2D eigenvalue weighted by Crippen LogP contribution is -2.21. The number of benzene rings is 2. The third kappa shape index (κ3) is 3.72. The minimum absolute atomic E-state index is 0.329. The minimum atomic E-state index is -0.618. The van der Waals surface area contributed by atoms with Crippen LogP contribution in [0.4, 0.5) is 5.69 Å². The number of carbonyl (C=O) groups excluding carboxylic acids is 2. The monoisotopic (exact) mass is 405 g/mol. The summed E-state index contributed by atoms with van der Waals surface area (Å²) in [4.78, 5) is 41.3. The topological polar surface area (TPSA) is 122 Å². The normalized spacial score (nSPS) is 10.9. The lowest BCUT2D eigenvalue weighted by Gasteiger charge is -2.07. The van der Waals surface area contributed by atoms with Crippen LogP contribution < -0.4 is 11.0 Å². The molecular weight excluding hydrogens is 386 g/mol. The van der Waals surface area contributed by atoms with E-state index in [4.69, 9.17) is 4.74 Å². The number of imidazole rings is 1. The largest absolute Gasteiger partial charge is 0.452 e. The second-order valence-corrected chi connectivity index (χ2v) is 6.76. The highest BCUT2D eigenvalue weighted by Crippen LogP contribution is 2.19. The summed E-state index contributed by atoms with van der Waals surface area (Å²) in [6, 6.07) is 14.4. The van der Waals surface area contributed by atoms with Crippen molar-refractivity contribution in [3.8, 4) is 5.69 Å². The van der Waals surface area contributed by atoms with E-state index in [1.165, 1.54) is 0 Å². The molecule has 1 amide bonds. The van der Waals surface area contributed by atoms with E-state index >= 15 is 0 Å². The van der Waals surface area contributed by atoms with Crippen LogP contribution in [-0.4, -0.2) is 38.2 Å². The zero-order valence-corrected chi connectivity index (χ0v) is 16.4. The molecule has 0 saturated carbocycles. The number of nitrogens with one attached hydrogen (secondary N) is 3. The molecule has 0 atom stereocenters. The molecule has 0 aliphatic carbocycles. The number of aromatic amines is 2. The Hall–Kier alpha value is -4.14. The number of hydrogen-bond acceptors (Lipinski definition) is 5. The lowest BCUT2D eigenvalue weighted by molar-refractivity contribution is -0.119. The summed E-state index contributed by atoms with van der Waals surface area (Å²) in [5, 5.41) is 7.05. The average molecular weight is 405 g/mol. The number of fused-ring (bicyclic) bond motifs is 1. The Labute approximate surface area is 170 Å². The highest BCUT2D eigenvalue weighted by atomic mass is 16.5. The first-order chi connectivity index (χ1) is 14.4. The number of rotatable bonds is 5. The first-order valence-electron chi connectivity index (χ1n) is 9.23. The molecule has 4 rings (SSSR count). The fraction of sp³-hybridized carbons (Fsp3) is 0.143. The molecule has 4 aromatic rings. The van der Waals surface area contributed by atoms with Crippen LogP contribution in [0.2, 0.25) is 0 Å². The van der Waals surface area contributed by atoms with E-state index in [1.807, 2.05) is 30.3 Å². The first kappa shape index (κ1) is 19.2. The zero-order chi connectivity index (χ0) is 21.3. The molecule has 2 heterocycles. The molecule has 0 spiro atoms. The SMILES string of the molecule is Cc1nn(-c2ccccc2)c(C)c1C(=O)OCC(=O)Nc1ccc2[nH]c(=O)[nH]c2c1. The molecule has 0 saturated heterocycles. The number of ether oxygens (including phenoxy) is 1. The van der Waals surface area contributed by atoms with E-state index in [0.717, 1.165) is 5.69 Å². The van der Waals surface area contributed by atoms with Crippen LogP contribution >= 0.6 is 0 Å². The highest BCUT2D eigenvalue weighted by Gasteiger charge is 2.21. The maximum absolute atomic E-state index is 12.6. The van der Waals surface area contributed by atoms with Crippen molar-refractivity contribution in [2.45, 2.75) is 13.8 Å². The van der Waals surface area contributed by atoms with Gasteiger partial charge >= 0.3 is 11.7 Å². The maximum atomic E-state index is 12.6. The number of aryl methyl sites for hydroxylation is 1. The first-order valence-corrected chi connectivity index (χ1v) is 9.23. The van der Waals surface area contributed by atoms with Gasteiger partial charge in [-0.3, -0.25) is 4.79 Å². The van der Waals surface area contributed by atoms with Gasteiger partial charge in [-0.2, -0.15) is 5.10 Å². The molecule has 3 N–H and O–H groups in total. The van der Waals surface area contributed by atoms with Crippen LogP contribution in [0.1, 0.15) is 21.7 Å². The molecule has 152 valence electrons. The standard InChI is InChI=1S/C21H19N5O4/c1-12-19(13(2)26(25-12)15-6-4-3-5-7-15)20(28)30-11-18(27)22-14-8-9-16-17(10-14)24-21(29)23-16/h3-10H,11H2,1-2H3,(H,22,27)(H2,23,24,29). The lowest BCUT2D eigenvalue weighted by atomic mass is 10.2. The summed E-state index contributed by atoms with van der Waals surface area (Å²) in [6.45, 7) is 3.04. The predicted octanol–water partition coefficient (Wildman–Crippen LogP) is 2.45. The van der Waals surface area contributed by atoms with E-state index < -0.39 is 18.5 Å². The van der Waals surface area contributed by atoms with Crippen molar-refractivity contribution in [2.24, 2.45) is 0 Å². The van der Waals surface area contributed by atoms with Gasteiger partial charge in [0.15, 0.2) is 6.61 Å². The molecule has 0 aliphatic rings. The Bertz CT molecular complexity index is 1300. The molecule has 0 aliphatic heterocycles. The fourth-order valence-electron chi connectivity index (χ4n) is 3.27. The van der Waals surface area contributed by atoms with Crippen molar-refractivity contribution >= 4 is 28.6 Å². The van der Waals surface area contributed by atoms with Crippen molar-refractivity contribution in [2.75, 3.05) is 11.9 Å². The van der Waals surface area contributed by atoms with Crippen molar-refractivity contribution in [1.29, 1.82) is 0 Å². The number of amides is 1. The number of nitrogens with zero attached hydrogens (tertiary/aromatic N) is 2. The molecule has 9 heteroatoms. The quantitative estimate of drug-likeness (QED) is 0.440. The van der Waals surface area contributed by atoms with E-state index in [0.29, 0.717) is 33.7 Å². The predicted molar refractivity (Wildman–Crippen MR) is 111 cm³/mol. The van der Waals surface area contributed by atoms with Gasteiger partial charge in [0.2, 0.25) is 0 Å². The summed E-state index contributed by atoms with van der Waals surface area (Å²) < 4.78 is 6.86. The van der Waals surface area contributed by atoms with Gasteiger partial charge in [0.25, 0.3) is 5.91 Å². The number of esters is 1. The van der Waals surface area contributed by atoms with E-state index in [2.05, 4.69) is 20.4 Å². The molecule has 0 unspecified atom stereocenters. The summed E-state index contributed by atoms with van der Waals surface area (Å²) in [5.41, 5.74) is 3.65. The van der Waals surface area contributed by atoms with Crippen LogP contribution in [0, 0.1) is 13.8 Å². The van der Waals surface area contributed by atoms with Gasteiger partial charge in [-0.05, 0) is 44.2 Å². The van der Waals surface area contributed by atoms with E-state index in [-0.39, 0.29) is 5.69 Å². The number of aromatic nitrogens is 4. The molecule has 9 nitrogen and oxygen atoms in total. The van der Waals surface area contributed by atoms with Crippen molar-refractivity contribution in [3.05, 3.63) is 76.0 Å².